The van der Waals surface area contributed by atoms with Crippen LogP contribution in [0, 0.1) is 11.3 Å². The van der Waals surface area contributed by atoms with E-state index in [0.717, 1.165) is 0 Å². The highest BCUT2D eigenvalue weighted by Gasteiger charge is 2.15. The van der Waals surface area contributed by atoms with E-state index in [9.17, 15) is 4.79 Å². The Morgan fingerprint density at radius 3 is 2.70 bits per heavy atom. The Morgan fingerprint density at radius 2 is 2.05 bits per heavy atom. The van der Waals surface area contributed by atoms with Gasteiger partial charge in [0.15, 0.2) is 0 Å². The maximum absolute atomic E-state index is 11.4. The summed E-state index contributed by atoms with van der Waals surface area (Å²) in [6.07, 6.45) is 0.203. The van der Waals surface area contributed by atoms with Crippen LogP contribution in [0.15, 0.2) is 24.3 Å². The monoisotopic (exact) mass is 276 g/mol. The van der Waals surface area contributed by atoms with E-state index in [2.05, 4.69) is 11.4 Å². The van der Waals surface area contributed by atoms with E-state index in [-0.39, 0.29) is 0 Å². The fraction of sp³-hybridized carbons (Fsp3) is 0.467. The second-order valence-corrected chi connectivity index (χ2v) is 5.24. The van der Waals surface area contributed by atoms with E-state index in [1.54, 1.807) is 18.2 Å². The Morgan fingerprint density at radius 1 is 1.35 bits per heavy atom. The minimum atomic E-state index is -0.494. The number of hydrogen-bond donors (Lipinski definition) is 1. The minimum absolute atomic E-state index is 0.425. The normalized spacial score (nSPS) is 10.5. The molecule has 1 amide bonds. The van der Waals surface area contributed by atoms with Gasteiger partial charge in [-0.25, -0.2) is 4.79 Å². The number of carbonyl (C=O) groups excluding carboxylic acids is 1. The van der Waals surface area contributed by atoms with Crippen molar-refractivity contribution in [2.75, 3.05) is 13.2 Å². The summed E-state index contributed by atoms with van der Waals surface area (Å²) in [6.45, 7) is 6.33. The molecule has 0 aliphatic carbocycles. The second kappa shape index (κ2) is 7.39. The second-order valence-electron chi connectivity index (χ2n) is 5.24. The molecular weight excluding hydrogens is 256 g/mol. The van der Waals surface area contributed by atoms with Crippen LogP contribution >= 0.6 is 0 Å². The molecule has 5 heteroatoms. The van der Waals surface area contributed by atoms with Gasteiger partial charge in [0.25, 0.3) is 0 Å². The molecule has 0 saturated heterocycles. The minimum Gasteiger partial charge on any atom is -0.492 e. The van der Waals surface area contributed by atoms with Crippen molar-refractivity contribution in [2.45, 2.75) is 32.8 Å². The fourth-order valence-electron chi connectivity index (χ4n) is 1.44. The summed E-state index contributed by atoms with van der Waals surface area (Å²) in [5.41, 5.74) is 0.0133. The van der Waals surface area contributed by atoms with Crippen LogP contribution in [0.25, 0.3) is 0 Å². The number of alkyl carbamates (subject to hydrolysis) is 1. The van der Waals surface area contributed by atoms with E-state index < -0.39 is 11.7 Å². The van der Waals surface area contributed by atoms with Gasteiger partial charge in [-0.2, -0.15) is 5.26 Å². The summed E-state index contributed by atoms with van der Waals surface area (Å²) in [7, 11) is 0. The van der Waals surface area contributed by atoms with Crippen LogP contribution in [0.2, 0.25) is 0 Å². The third-order valence-corrected chi connectivity index (χ3v) is 2.25. The molecule has 1 aromatic rings. The number of nitriles is 1. The number of nitrogens with one attached hydrogen (secondary N) is 1. The average molecular weight is 276 g/mol. The highest BCUT2D eigenvalue weighted by Crippen LogP contribution is 2.16. The number of ether oxygens (including phenoxy) is 2. The van der Waals surface area contributed by atoms with Gasteiger partial charge in [0.1, 0.15) is 17.4 Å². The summed E-state index contributed by atoms with van der Waals surface area (Å²) in [4.78, 5) is 11.4. The van der Waals surface area contributed by atoms with Crippen LogP contribution in [0.3, 0.4) is 0 Å². The Kier molecular flexibility index (Phi) is 5.85. The number of carbonyl (C=O) groups is 1. The van der Waals surface area contributed by atoms with Gasteiger partial charge < -0.3 is 14.8 Å². The third kappa shape index (κ3) is 6.10. The number of rotatable bonds is 5. The molecule has 1 N–H and O–H groups in total. The van der Waals surface area contributed by atoms with Crippen LogP contribution in [0.4, 0.5) is 4.79 Å². The molecular formula is C15H20N2O3. The zero-order valence-electron chi connectivity index (χ0n) is 12.1. The molecule has 0 unspecified atom stereocenters. The molecule has 0 atom stereocenters. The first-order chi connectivity index (χ1) is 9.42. The lowest BCUT2D eigenvalue weighted by atomic mass is 10.2. The third-order valence-electron chi connectivity index (χ3n) is 2.25. The van der Waals surface area contributed by atoms with E-state index in [0.29, 0.717) is 30.9 Å². The highest BCUT2D eigenvalue weighted by molar-refractivity contribution is 5.67. The molecule has 5 nitrogen and oxygen atoms in total. The maximum atomic E-state index is 11.4. The summed E-state index contributed by atoms with van der Waals surface area (Å²) >= 11 is 0. The summed E-state index contributed by atoms with van der Waals surface area (Å²) in [6, 6.07) is 9.12. The molecule has 0 aliphatic heterocycles. The van der Waals surface area contributed by atoms with E-state index in [1.165, 1.54) is 0 Å². The number of nitrogens with zero attached hydrogens (tertiary/aromatic N) is 1. The van der Waals surface area contributed by atoms with Crippen molar-refractivity contribution in [3.63, 3.8) is 0 Å². The summed E-state index contributed by atoms with van der Waals surface area (Å²) in [5.74, 6) is 0.562. The standard InChI is InChI=1S/C15H20N2O3/c1-15(2,3)20-14(18)17-9-6-10-19-13-8-5-4-7-12(13)11-16/h4-5,7-8H,6,9-10H2,1-3H3,(H,17,18). The van der Waals surface area contributed by atoms with Crippen LogP contribution in [0.1, 0.15) is 32.8 Å². The van der Waals surface area contributed by atoms with Crippen LogP contribution < -0.4 is 10.1 Å². The van der Waals surface area contributed by atoms with E-state index in [4.69, 9.17) is 14.7 Å². The molecule has 0 fully saturated rings. The molecule has 0 aromatic heterocycles. The molecule has 1 rings (SSSR count). The van der Waals surface area contributed by atoms with Crippen molar-refractivity contribution < 1.29 is 14.3 Å². The number of amides is 1. The number of benzene rings is 1. The van der Waals surface area contributed by atoms with Gasteiger partial charge in [-0.1, -0.05) is 12.1 Å². The summed E-state index contributed by atoms with van der Waals surface area (Å²) < 4.78 is 10.6. The van der Waals surface area contributed by atoms with Gasteiger partial charge in [-0.3, -0.25) is 0 Å². The zero-order valence-corrected chi connectivity index (χ0v) is 12.1. The Labute approximate surface area is 119 Å². The van der Waals surface area contributed by atoms with Gasteiger partial charge in [0.2, 0.25) is 0 Å². The van der Waals surface area contributed by atoms with Crippen molar-refractivity contribution in [1.82, 2.24) is 5.32 Å². The lowest BCUT2D eigenvalue weighted by molar-refractivity contribution is 0.0525. The largest absolute Gasteiger partial charge is 0.492 e. The van der Waals surface area contributed by atoms with Gasteiger partial charge in [0, 0.05) is 6.54 Å². The zero-order chi connectivity index (χ0) is 15.0. The molecule has 0 saturated carbocycles. The van der Waals surface area contributed by atoms with Crippen LogP contribution in [-0.2, 0) is 4.74 Å². The SMILES string of the molecule is CC(C)(C)OC(=O)NCCCOc1ccccc1C#N. The van der Waals surface area contributed by atoms with Gasteiger partial charge >= 0.3 is 6.09 Å². The first-order valence-corrected chi connectivity index (χ1v) is 6.51. The van der Waals surface area contributed by atoms with E-state index >= 15 is 0 Å². The molecule has 0 bridgehead atoms. The molecule has 0 aliphatic rings. The lowest BCUT2D eigenvalue weighted by Crippen LogP contribution is -2.33. The van der Waals surface area contributed by atoms with Gasteiger partial charge in [-0.05, 0) is 39.3 Å². The summed E-state index contributed by atoms with van der Waals surface area (Å²) in [5, 5.41) is 11.5. The predicted octanol–water partition coefficient (Wildman–Crippen LogP) is 2.85. The van der Waals surface area contributed by atoms with Crippen LogP contribution in [0.5, 0.6) is 5.75 Å². The fourth-order valence-corrected chi connectivity index (χ4v) is 1.44. The number of hydrogen-bond acceptors (Lipinski definition) is 4. The topological polar surface area (TPSA) is 71.3 Å². The lowest BCUT2D eigenvalue weighted by Gasteiger charge is -2.19. The van der Waals surface area contributed by atoms with Crippen molar-refractivity contribution in [2.24, 2.45) is 0 Å². The van der Waals surface area contributed by atoms with Crippen molar-refractivity contribution in [1.29, 1.82) is 5.26 Å². The number of para-hydroxylation sites is 1. The molecule has 0 heterocycles. The van der Waals surface area contributed by atoms with Crippen LogP contribution in [-0.4, -0.2) is 24.8 Å². The van der Waals surface area contributed by atoms with Gasteiger partial charge in [-0.15, -0.1) is 0 Å². The molecule has 0 spiro atoms. The molecule has 1 aromatic carbocycles. The van der Waals surface area contributed by atoms with Crippen molar-refractivity contribution in [3.8, 4) is 11.8 Å². The molecule has 108 valence electrons. The predicted molar refractivity (Wildman–Crippen MR) is 75.5 cm³/mol. The molecule has 0 radical (unpaired) electrons. The van der Waals surface area contributed by atoms with Gasteiger partial charge in [0.05, 0.1) is 12.2 Å². The average Bonchev–Trinajstić information content (AvgIpc) is 2.36. The van der Waals surface area contributed by atoms with Crippen molar-refractivity contribution >= 4 is 6.09 Å². The quantitative estimate of drug-likeness (QED) is 0.839. The first-order valence-electron chi connectivity index (χ1n) is 6.51. The van der Waals surface area contributed by atoms with E-state index in [1.807, 2.05) is 26.8 Å². The smallest absolute Gasteiger partial charge is 0.407 e. The Hall–Kier alpha value is -2.22. The Balaban J connectivity index is 2.23. The van der Waals surface area contributed by atoms with Crippen molar-refractivity contribution in [3.05, 3.63) is 29.8 Å². The Bertz CT molecular complexity index is 487. The first kappa shape index (κ1) is 15.8. The molecule has 20 heavy (non-hydrogen) atoms. The highest BCUT2D eigenvalue weighted by atomic mass is 16.6. The maximum Gasteiger partial charge on any atom is 0.407 e.